The van der Waals surface area contributed by atoms with E-state index >= 15 is 0 Å². The predicted molar refractivity (Wildman–Crippen MR) is 95.0 cm³/mol. The molecule has 0 spiro atoms. The molecule has 6 nitrogen and oxygen atoms in total. The van der Waals surface area contributed by atoms with E-state index in [1.165, 1.54) is 13.2 Å². The van der Waals surface area contributed by atoms with Gasteiger partial charge >= 0.3 is 5.97 Å². The summed E-state index contributed by atoms with van der Waals surface area (Å²) in [6, 6.07) is 14.1. The van der Waals surface area contributed by atoms with Gasteiger partial charge in [0.25, 0.3) is 0 Å². The minimum atomic E-state index is -0.514. The number of ether oxygens (including phenoxy) is 1. The number of nitrogens with one attached hydrogen (secondary N) is 1. The van der Waals surface area contributed by atoms with Crippen molar-refractivity contribution in [1.29, 1.82) is 0 Å². The van der Waals surface area contributed by atoms with Crippen LogP contribution in [0, 0.1) is 0 Å². The van der Waals surface area contributed by atoms with Crippen molar-refractivity contribution in [3.8, 4) is 0 Å². The first-order chi connectivity index (χ1) is 12.2. The van der Waals surface area contributed by atoms with Crippen LogP contribution < -0.4 is 5.32 Å². The molecule has 3 aromatic rings. The minimum Gasteiger partial charge on any atom is -0.465 e. The van der Waals surface area contributed by atoms with Gasteiger partial charge in [-0.05, 0) is 30.3 Å². The standard InChI is InChI=1S/C19H15N3O3/c1-25-19(24)14-6-2-3-7-15(14)22-18(23)11-10-13-12-20-16-8-4-5-9-17(16)21-13/h2-12H,1H3,(H,22,23)/b11-10+. The summed E-state index contributed by atoms with van der Waals surface area (Å²) in [5, 5.41) is 2.66. The molecule has 1 amide bonds. The zero-order valence-electron chi connectivity index (χ0n) is 13.5. The van der Waals surface area contributed by atoms with Gasteiger partial charge < -0.3 is 10.1 Å². The van der Waals surface area contributed by atoms with Gasteiger partial charge in [0, 0.05) is 6.08 Å². The second-order valence-electron chi connectivity index (χ2n) is 5.14. The number of amides is 1. The molecule has 25 heavy (non-hydrogen) atoms. The Hall–Kier alpha value is -3.54. The van der Waals surface area contributed by atoms with E-state index in [2.05, 4.69) is 15.3 Å². The lowest BCUT2D eigenvalue weighted by molar-refractivity contribution is -0.111. The van der Waals surface area contributed by atoms with E-state index < -0.39 is 5.97 Å². The number of hydrogen-bond donors (Lipinski definition) is 1. The molecule has 3 rings (SSSR count). The van der Waals surface area contributed by atoms with Gasteiger partial charge in [0.15, 0.2) is 0 Å². The summed E-state index contributed by atoms with van der Waals surface area (Å²) in [6.45, 7) is 0. The number of rotatable bonds is 4. The summed E-state index contributed by atoms with van der Waals surface area (Å²) < 4.78 is 4.70. The number of nitrogens with zero attached hydrogens (tertiary/aromatic N) is 2. The predicted octanol–water partition coefficient (Wildman–Crippen LogP) is 3.07. The summed E-state index contributed by atoms with van der Waals surface area (Å²) in [5.74, 6) is -0.897. The molecule has 0 aliphatic carbocycles. The molecule has 0 fully saturated rings. The van der Waals surface area contributed by atoms with E-state index in [1.54, 1.807) is 36.5 Å². The highest BCUT2D eigenvalue weighted by Crippen LogP contribution is 2.16. The third-order valence-corrected chi connectivity index (χ3v) is 3.46. The fourth-order valence-electron chi connectivity index (χ4n) is 2.27. The zero-order chi connectivity index (χ0) is 17.6. The molecule has 0 aliphatic rings. The Labute approximate surface area is 144 Å². The Morgan fingerprint density at radius 2 is 1.76 bits per heavy atom. The van der Waals surface area contributed by atoms with Crippen molar-refractivity contribution < 1.29 is 14.3 Å². The summed E-state index contributed by atoms with van der Waals surface area (Å²) in [7, 11) is 1.29. The first-order valence-electron chi connectivity index (χ1n) is 7.55. The van der Waals surface area contributed by atoms with E-state index in [9.17, 15) is 9.59 Å². The molecule has 0 unspecified atom stereocenters. The SMILES string of the molecule is COC(=O)c1ccccc1NC(=O)/C=C/c1cnc2ccccc2n1. The van der Waals surface area contributed by atoms with Gasteiger partial charge in [-0.25, -0.2) is 9.78 Å². The molecule has 1 aromatic heterocycles. The molecule has 0 saturated heterocycles. The molecule has 0 aliphatic heterocycles. The first-order valence-corrected chi connectivity index (χ1v) is 7.55. The lowest BCUT2D eigenvalue weighted by atomic mass is 10.2. The smallest absolute Gasteiger partial charge is 0.339 e. The van der Waals surface area contributed by atoms with Gasteiger partial charge in [-0.2, -0.15) is 0 Å². The van der Waals surface area contributed by atoms with E-state index in [0.717, 1.165) is 11.0 Å². The summed E-state index contributed by atoms with van der Waals surface area (Å²) >= 11 is 0. The molecule has 1 heterocycles. The van der Waals surface area contributed by atoms with Crippen LogP contribution in [0.3, 0.4) is 0 Å². The molecular weight excluding hydrogens is 318 g/mol. The van der Waals surface area contributed by atoms with Crippen LogP contribution in [0.2, 0.25) is 0 Å². The van der Waals surface area contributed by atoms with Gasteiger partial charge in [0.05, 0.1) is 41.3 Å². The summed E-state index contributed by atoms with van der Waals surface area (Å²) in [4.78, 5) is 32.5. The molecule has 6 heteroatoms. The number of carbonyl (C=O) groups excluding carboxylic acids is 2. The van der Waals surface area contributed by atoms with Crippen LogP contribution in [0.15, 0.2) is 60.8 Å². The second kappa shape index (κ2) is 7.35. The average molecular weight is 333 g/mol. The number of methoxy groups -OCH3 is 1. The Morgan fingerprint density at radius 1 is 1.04 bits per heavy atom. The van der Waals surface area contributed by atoms with Crippen LogP contribution in [0.4, 0.5) is 5.69 Å². The van der Waals surface area contributed by atoms with E-state index in [0.29, 0.717) is 11.4 Å². The molecule has 2 aromatic carbocycles. The highest BCUT2D eigenvalue weighted by molar-refractivity contribution is 6.06. The number of esters is 1. The minimum absolute atomic E-state index is 0.289. The van der Waals surface area contributed by atoms with E-state index in [-0.39, 0.29) is 11.5 Å². The van der Waals surface area contributed by atoms with Crippen molar-refractivity contribution in [2.45, 2.75) is 0 Å². The van der Waals surface area contributed by atoms with Gasteiger partial charge in [-0.3, -0.25) is 9.78 Å². The summed E-state index contributed by atoms with van der Waals surface area (Å²) in [5.41, 5.74) is 2.78. The molecule has 1 N–H and O–H groups in total. The number of anilines is 1. The fourth-order valence-corrected chi connectivity index (χ4v) is 2.27. The number of aromatic nitrogens is 2. The topological polar surface area (TPSA) is 81.2 Å². The highest BCUT2D eigenvalue weighted by atomic mass is 16.5. The Kier molecular flexibility index (Phi) is 4.80. The molecule has 0 saturated carbocycles. The number of carbonyl (C=O) groups is 2. The lowest BCUT2D eigenvalue weighted by Gasteiger charge is -2.07. The Morgan fingerprint density at radius 3 is 2.56 bits per heavy atom. The maximum absolute atomic E-state index is 12.1. The third-order valence-electron chi connectivity index (χ3n) is 3.46. The van der Waals surface area contributed by atoms with Crippen molar-refractivity contribution in [2.75, 3.05) is 12.4 Å². The maximum atomic E-state index is 12.1. The van der Waals surface area contributed by atoms with Crippen LogP contribution in [0.25, 0.3) is 17.1 Å². The quantitative estimate of drug-likeness (QED) is 0.586. The average Bonchev–Trinajstić information content (AvgIpc) is 2.66. The number of para-hydroxylation sites is 3. The second-order valence-corrected chi connectivity index (χ2v) is 5.14. The van der Waals surface area contributed by atoms with Gasteiger partial charge in [0.1, 0.15) is 0 Å². The van der Waals surface area contributed by atoms with Gasteiger partial charge in [-0.1, -0.05) is 24.3 Å². The van der Waals surface area contributed by atoms with Crippen LogP contribution in [0.5, 0.6) is 0 Å². The lowest BCUT2D eigenvalue weighted by Crippen LogP contribution is -2.12. The van der Waals surface area contributed by atoms with Crippen molar-refractivity contribution >= 4 is 34.7 Å². The van der Waals surface area contributed by atoms with Crippen molar-refractivity contribution in [3.05, 3.63) is 72.1 Å². The molecule has 124 valence electrons. The van der Waals surface area contributed by atoms with Crippen LogP contribution in [-0.2, 0) is 9.53 Å². The van der Waals surface area contributed by atoms with Crippen molar-refractivity contribution in [2.24, 2.45) is 0 Å². The van der Waals surface area contributed by atoms with Gasteiger partial charge in [-0.15, -0.1) is 0 Å². The van der Waals surface area contributed by atoms with Crippen molar-refractivity contribution in [3.63, 3.8) is 0 Å². The largest absolute Gasteiger partial charge is 0.465 e. The van der Waals surface area contributed by atoms with E-state index in [1.807, 2.05) is 24.3 Å². The third kappa shape index (κ3) is 3.87. The van der Waals surface area contributed by atoms with Gasteiger partial charge in [0.2, 0.25) is 5.91 Å². The fraction of sp³-hybridized carbons (Fsp3) is 0.0526. The normalized spacial score (nSPS) is 10.8. The van der Waals surface area contributed by atoms with Crippen LogP contribution in [-0.4, -0.2) is 29.0 Å². The Balaban J connectivity index is 1.76. The highest BCUT2D eigenvalue weighted by Gasteiger charge is 2.12. The van der Waals surface area contributed by atoms with E-state index in [4.69, 9.17) is 4.74 Å². The number of fused-ring (bicyclic) bond motifs is 1. The van der Waals surface area contributed by atoms with Crippen LogP contribution >= 0.6 is 0 Å². The maximum Gasteiger partial charge on any atom is 0.339 e. The zero-order valence-corrected chi connectivity index (χ0v) is 13.5. The molecule has 0 radical (unpaired) electrons. The van der Waals surface area contributed by atoms with Crippen molar-refractivity contribution in [1.82, 2.24) is 9.97 Å². The molecule has 0 bridgehead atoms. The first kappa shape index (κ1) is 16.3. The van der Waals surface area contributed by atoms with Crippen LogP contribution in [0.1, 0.15) is 16.1 Å². The molecular formula is C19H15N3O3. The number of benzene rings is 2. The monoisotopic (exact) mass is 333 g/mol. The molecule has 0 atom stereocenters. The summed E-state index contributed by atoms with van der Waals surface area (Å²) in [6.07, 6.45) is 4.50. The Bertz CT molecular complexity index is 967. The number of hydrogen-bond acceptors (Lipinski definition) is 5.